The van der Waals surface area contributed by atoms with Crippen LogP contribution in [0.25, 0.3) is 11.3 Å². The molecule has 0 unspecified atom stereocenters. The molecule has 3 N–H and O–H groups in total. The van der Waals surface area contributed by atoms with E-state index < -0.39 is 12.1 Å². The predicted octanol–water partition coefficient (Wildman–Crippen LogP) is 3.79. The van der Waals surface area contributed by atoms with Gasteiger partial charge in [0.25, 0.3) is 0 Å². The van der Waals surface area contributed by atoms with Gasteiger partial charge in [-0.05, 0) is 30.7 Å². The van der Waals surface area contributed by atoms with Gasteiger partial charge in [0.15, 0.2) is 0 Å². The molecular formula is C20H22N4O3. The van der Waals surface area contributed by atoms with Gasteiger partial charge in [0.2, 0.25) is 5.91 Å². The van der Waals surface area contributed by atoms with Crippen molar-refractivity contribution >= 4 is 17.7 Å². The van der Waals surface area contributed by atoms with Crippen LogP contribution in [0.3, 0.4) is 0 Å². The summed E-state index contributed by atoms with van der Waals surface area (Å²) >= 11 is 0. The number of carbonyl (C=O) groups excluding carboxylic acids is 1. The Kier molecular flexibility index (Phi) is 6.82. The Labute approximate surface area is 157 Å². The van der Waals surface area contributed by atoms with Gasteiger partial charge in [-0.25, -0.2) is 4.79 Å². The first kappa shape index (κ1) is 19.8. The fourth-order valence-corrected chi connectivity index (χ4v) is 2.45. The summed E-state index contributed by atoms with van der Waals surface area (Å²) in [6, 6.07) is 6.46. The summed E-state index contributed by atoms with van der Waals surface area (Å²) in [5.41, 5.74) is 2.37. The summed E-state index contributed by atoms with van der Waals surface area (Å²) in [5, 5.41) is 14.3. The zero-order valence-electron chi connectivity index (χ0n) is 15.1. The second-order valence-corrected chi connectivity index (χ2v) is 5.91. The van der Waals surface area contributed by atoms with Crippen LogP contribution >= 0.6 is 0 Å². The van der Waals surface area contributed by atoms with E-state index in [9.17, 15) is 9.59 Å². The lowest BCUT2D eigenvalue weighted by molar-refractivity contribution is -0.118. The standard InChI is InChI=1S/C20H22N4O3/c1-4-7-15(24-20(26)27)17-12-14(9-11-21-17)18-16(8-6-10-22-18)23-19(25)13(3)5-2/h4-6,8-13,15,24H,1-2,7H2,3H3,(H,23,25)(H,26,27)/t13-,15+/m1/s1. The Morgan fingerprint density at radius 1 is 1.26 bits per heavy atom. The summed E-state index contributed by atoms with van der Waals surface area (Å²) < 4.78 is 0. The molecule has 0 radical (unpaired) electrons. The van der Waals surface area contributed by atoms with Crippen LogP contribution in [0.15, 0.2) is 62.0 Å². The molecule has 0 aromatic carbocycles. The van der Waals surface area contributed by atoms with E-state index >= 15 is 0 Å². The summed E-state index contributed by atoms with van der Waals surface area (Å²) in [4.78, 5) is 31.9. The molecule has 0 aliphatic heterocycles. The first-order valence-corrected chi connectivity index (χ1v) is 8.41. The topological polar surface area (TPSA) is 104 Å². The van der Waals surface area contributed by atoms with E-state index in [4.69, 9.17) is 5.11 Å². The number of rotatable bonds is 8. The lowest BCUT2D eigenvalue weighted by atomic mass is 10.0. The van der Waals surface area contributed by atoms with Gasteiger partial charge in [-0.15, -0.1) is 13.2 Å². The molecule has 0 saturated carbocycles. The van der Waals surface area contributed by atoms with Crippen LogP contribution in [0.1, 0.15) is 25.1 Å². The van der Waals surface area contributed by atoms with E-state index in [1.807, 2.05) is 0 Å². The predicted molar refractivity (Wildman–Crippen MR) is 104 cm³/mol. The Bertz CT molecular complexity index is 851. The van der Waals surface area contributed by atoms with E-state index in [1.54, 1.807) is 55.7 Å². The molecule has 2 aromatic heterocycles. The van der Waals surface area contributed by atoms with Crippen LogP contribution in [-0.4, -0.2) is 27.1 Å². The molecule has 2 amide bonds. The van der Waals surface area contributed by atoms with E-state index in [0.717, 1.165) is 0 Å². The van der Waals surface area contributed by atoms with Gasteiger partial charge < -0.3 is 15.7 Å². The number of amides is 2. The first-order chi connectivity index (χ1) is 13.0. The molecule has 0 saturated heterocycles. The van der Waals surface area contributed by atoms with Crippen molar-refractivity contribution in [3.05, 3.63) is 67.7 Å². The van der Waals surface area contributed by atoms with E-state index in [0.29, 0.717) is 29.1 Å². The quantitative estimate of drug-likeness (QED) is 0.617. The molecule has 2 atom stereocenters. The van der Waals surface area contributed by atoms with Crippen molar-refractivity contribution in [1.29, 1.82) is 0 Å². The molecule has 2 heterocycles. The number of nitrogens with one attached hydrogen (secondary N) is 2. The maximum absolute atomic E-state index is 12.2. The maximum Gasteiger partial charge on any atom is 0.405 e. The molecule has 0 spiro atoms. The molecule has 0 aliphatic carbocycles. The van der Waals surface area contributed by atoms with Crippen molar-refractivity contribution < 1.29 is 14.7 Å². The smallest absolute Gasteiger partial charge is 0.405 e. The number of anilines is 1. The molecule has 2 rings (SSSR count). The zero-order chi connectivity index (χ0) is 19.8. The molecule has 0 fully saturated rings. The Balaban J connectivity index is 2.39. The van der Waals surface area contributed by atoms with Crippen molar-refractivity contribution in [3.8, 4) is 11.3 Å². The third-order valence-electron chi connectivity index (χ3n) is 3.94. The molecule has 27 heavy (non-hydrogen) atoms. The monoisotopic (exact) mass is 366 g/mol. The minimum atomic E-state index is -1.14. The summed E-state index contributed by atoms with van der Waals surface area (Å²) in [6.45, 7) is 9.04. The molecule has 7 nitrogen and oxygen atoms in total. The fraction of sp³-hybridized carbons (Fsp3) is 0.200. The fourth-order valence-electron chi connectivity index (χ4n) is 2.45. The lowest BCUT2D eigenvalue weighted by Crippen LogP contribution is -2.27. The minimum Gasteiger partial charge on any atom is -0.465 e. The molecule has 140 valence electrons. The second kappa shape index (κ2) is 9.28. The van der Waals surface area contributed by atoms with Crippen LogP contribution in [0.4, 0.5) is 10.5 Å². The van der Waals surface area contributed by atoms with Crippen LogP contribution in [0.5, 0.6) is 0 Å². The Hall–Kier alpha value is -3.48. The van der Waals surface area contributed by atoms with Crippen molar-refractivity contribution in [1.82, 2.24) is 15.3 Å². The van der Waals surface area contributed by atoms with Gasteiger partial charge >= 0.3 is 6.09 Å². The minimum absolute atomic E-state index is 0.189. The summed E-state index contributed by atoms with van der Waals surface area (Å²) in [5.74, 6) is -0.534. The molecule has 0 aliphatic rings. The number of nitrogens with zero attached hydrogens (tertiary/aromatic N) is 2. The summed E-state index contributed by atoms with van der Waals surface area (Å²) in [7, 11) is 0. The van der Waals surface area contributed by atoms with E-state index in [2.05, 4.69) is 33.8 Å². The van der Waals surface area contributed by atoms with E-state index in [-0.39, 0.29) is 11.8 Å². The maximum atomic E-state index is 12.2. The SMILES string of the molecule is C=CC[C@H](NC(=O)O)c1cc(-c2ncccc2NC(=O)[C@H](C)C=C)ccn1. The third-order valence-corrected chi connectivity index (χ3v) is 3.94. The highest BCUT2D eigenvalue weighted by Crippen LogP contribution is 2.28. The highest BCUT2D eigenvalue weighted by Gasteiger charge is 2.17. The van der Waals surface area contributed by atoms with Gasteiger partial charge in [-0.2, -0.15) is 0 Å². The average molecular weight is 366 g/mol. The number of carbonyl (C=O) groups is 2. The zero-order valence-corrected chi connectivity index (χ0v) is 15.1. The van der Waals surface area contributed by atoms with Crippen molar-refractivity contribution in [2.45, 2.75) is 19.4 Å². The highest BCUT2D eigenvalue weighted by molar-refractivity contribution is 5.96. The Morgan fingerprint density at radius 2 is 2.04 bits per heavy atom. The molecule has 7 heteroatoms. The third kappa shape index (κ3) is 5.24. The lowest BCUT2D eigenvalue weighted by Gasteiger charge is -2.16. The van der Waals surface area contributed by atoms with Crippen LogP contribution in [0.2, 0.25) is 0 Å². The van der Waals surface area contributed by atoms with E-state index in [1.165, 1.54) is 0 Å². The van der Waals surface area contributed by atoms with Gasteiger partial charge in [-0.1, -0.05) is 19.1 Å². The highest BCUT2D eigenvalue weighted by atomic mass is 16.4. The Morgan fingerprint density at radius 3 is 2.70 bits per heavy atom. The molecular weight excluding hydrogens is 344 g/mol. The molecule has 2 aromatic rings. The number of hydrogen-bond donors (Lipinski definition) is 3. The van der Waals surface area contributed by atoms with Crippen LogP contribution in [-0.2, 0) is 4.79 Å². The number of aromatic nitrogens is 2. The van der Waals surface area contributed by atoms with Crippen molar-refractivity contribution in [3.63, 3.8) is 0 Å². The van der Waals surface area contributed by atoms with Crippen LogP contribution < -0.4 is 10.6 Å². The normalized spacial score (nSPS) is 12.5. The largest absolute Gasteiger partial charge is 0.465 e. The van der Waals surface area contributed by atoms with Gasteiger partial charge in [0.1, 0.15) is 0 Å². The van der Waals surface area contributed by atoms with Crippen molar-refractivity contribution in [2.75, 3.05) is 5.32 Å². The van der Waals surface area contributed by atoms with Gasteiger partial charge in [0.05, 0.1) is 29.0 Å². The second-order valence-electron chi connectivity index (χ2n) is 5.91. The molecule has 0 bridgehead atoms. The number of carboxylic acid groups (broad SMARTS) is 1. The number of hydrogen-bond acceptors (Lipinski definition) is 4. The van der Waals surface area contributed by atoms with Gasteiger partial charge in [-0.3, -0.25) is 14.8 Å². The number of pyridine rings is 2. The van der Waals surface area contributed by atoms with Crippen molar-refractivity contribution in [2.24, 2.45) is 5.92 Å². The van der Waals surface area contributed by atoms with Crippen LogP contribution in [0, 0.1) is 5.92 Å². The first-order valence-electron chi connectivity index (χ1n) is 8.41. The summed E-state index contributed by atoms with van der Waals surface area (Å²) in [6.07, 6.45) is 5.64. The van der Waals surface area contributed by atoms with Gasteiger partial charge in [0, 0.05) is 18.0 Å². The average Bonchev–Trinajstić information content (AvgIpc) is 2.67.